The van der Waals surface area contributed by atoms with Crippen LogP contribution in [0.2, 0.25) is 0 Å². The van der Waals surface area contributed by atoms with E-state index in [1.807, 2.05) is 43.5 Å². The van der Waals surface area contributed by atoms with Gasteiger partial charge in [-0.15, -0.1) is 0 Å². The van der Waals surface area contributed by atoms with Gasteiger partial charge in [-0.3, -0.25) is 4.98 Å². The lowest BCUT2D eigenvalue weighted by molar-refractivity contribution is 0.653. The van der Waals surface area contributed by atoms with E-state index in [0.29, 0.717) is 5.71 Å². The van der Waals surface area contributed by atoms with Crippen LogP contribution in [0.25, 0.3) is 44.5 Å². The number of pyridine rings is 2. The summed E-state index contributed by atoms with van der Waals surface area (Å²) in [5.74, 6) is 0. The summed E-state index contributed by atoms with van der Waals surface area (Å²) >= 11 is 0. The van der Waals surface area contributed by atoms with E-state index in [1.54, 1.807) is 0 Å². The number of aryl methyl sites for hydroxylation is 2. The van der Waals surface area contributed by atoms with Gasteiger partial charge >= 0.3 is 0 Å². The van der Waals surface area contributed by atoms with Gasteiger partial charge in [0.1, 0.15) is 5.58 Å². The zero-order chi connectivity index (χ0) is 18.4. The van der Waals surface area contributed by atoms with Crippen LogP contribution >= 0.6 is 0 Å². The molecule has 0 atom stereocenters. The van der Waals surface area contributed by atoms with E-state index in [-0.39, 0.29) is 0 Å². The van der Waals surface area contributed by atoms with Gasteiger partial charge in [-0.2, -0.15) is 0 Å². The summed E-state index contributed by atoms with van der Waals surface area (Å²) in [4.78, 5) is 9.31. The van der Waals surface area contributed by atoms with Gasteiger partial charge < -0.3 is 4.42 Å². The lowest BCUT2D eigenvalue weighted by Crippen LogP contribution is -1.92. The van der Waals surface area contributed by atoms with E-state index < -0.39 is 0 Å². The Labute approximate surface area is 157 Å². The molecular weight excluding hydrogens is 332 g/mol. The lowest BCUT2D eigenvalue weighted by Gasteiger charge is -2.11. The average molecular weight is 350 g/mol. The standard InChI is InChI=1S/C24H18N2O/c1-15-10-12-19-20-13-11-16(2)26-24(20)27-23(19)21(15)22-18(9-6-14-25-22)17-7-4-3-5-8-17/h3-14H,1-2H3. The fourth-order valence-corrected chi connectivity index (χ4v) is 3.66. The quantitative estimate of drug-likeness (QED) is 0.373. The average Bonchev–Trinajstić information content (AvgIpc) is 3.06. The second kappa shape index (κ2) is 6.06. The number of furan rings is 1. The minimum atomic E-state index is 0.675. The summed E-state index contributed by atoms with van der Waals surface area (Å²) in [6.45, 7) is 4.08. The van der Waals surface area contributed by atoms with Gasteiger partial charge in [0.25, 0.3) is 0 Å². The van der Waals surface area contributed by atoms with Crippen molar-refractivity contribution in [3.63, 3.8) is 0 Å². The highest BCUT2D eigenvalue weighted by Gasteiger charge is 2.19. The van der Waals surface area contributed by atoms with Crippen molar-refractivity contribution in [1.29, 1.82) is 0 Å². The number of nitrogens with zero attached hydrogens (tertiary/aromatic N) is 2. The van der Waals surface area contributed by atoms with Gasteiger partial charge in [0.05, 0.1) is 5.69 Å². The van der Waals surface area contributed by atoms with Crippen molar-refractivity contribution < 1.29 is 4.42 Å². The van der Waals surface area contributed by atoms with Crippen LogP contribution in [0.5, 0.6) is 0 Å². The molecule has 5 aromatic rings. The van der Waals surface area contributed by atoms with Crippen LogP contribution in [0.15, 0.2) is 77.3 Å². The summed E-state index contributed by atoms with van der Waals surface area (Å²) in [6, 6.07) is 22.8. The highest BCUT2D eigenvalue weighted by atomic mass is 16.3. The smallest absolute Gasteiger partial charge is 0.227 e. The van der Waals surface area contributed by atoms with Gasteiger partial charge in [-0.1, -0.05) is 48.5 Å². The monoisotopic (exact) mass is 350 g/mol. The van der Waals surface area contributed by atoms with Crippen molar-refractivity contribution in [3.8, 4) is 22.4 Å². The molecule has 0 aliphatic rings. The zero-order valence-corrected chi connectivity index (χ0v) is 15.2. The lowest BCUT2D eigenvalue weighted by atomic mass is 9.95. The summed E-state index contributed by atoms with van der Waals surface area (Å²) < 4.78 is 6.24. The second-order valence-corrected chi connectivity index (χ2v) is 6.81. The molecule has 130 valence electrons. The molecule has 0 amide bonds. The third-order valence-electron chi connectivity index (χ3n) is 4.98. The molecule has 0 fully saturated rings. The van der Waals surface area contributed by atoms with E-state index in [9.17, 15) is 0 Å². The zero-order valence-electron chi connectivity index (χ0n) is 15.2. The van der Waals surface area contributed by atoms with Gasteiger partial charge in [0.15, 0.2) is 0 Å². The first-order valence-electron chi connectivity index (χ1n) is 9.02. The van der Waals surface area contributed by atoms with Gasteiger partial charge in [-0.25, -0.2) is 4.98 Å². The SMILES string of the molecule is Cc1ccc2c(n1)oc1c(-c3ncccc3-c3ccccc3)c(C)ccc12. The maximum atomic E-state index is 6.24. The Morgan fingerprint density at radius 3 is 2.44 bits per heavy atom. The normalized spacial score (nSPS) is 11.3. The number of aromatic nitrogens is 2. The van der Waals surface area contributed by atoms with Crippen molar-refractivity contribution in [3.05, 3.63) is 84.2 Å². The third kappa shape index (κ3) is 2.51. The largest absolute Gasteiger partial charge is 0.437 e. The Morgan fingerprint density at radius 1 is 0.778 bits per heavy atom. The molecular formula is C24H18N2O. The second-order valence-electron chi connectivity index (χ2n) is 6.81. The molecule has 3 nitrogen and oxygen atoms in total. The maximum Gasteiger partial charge on any atom is 0.227 e. The summed E-state index contributed by atoms with van der Waals surface area (Å²) in [5.41, 5.74) is 7.80. The van der Waals surface area contributed by atoms with E-state index >= 15 is 0 Å². The first kappa shape index (κ1) is 15.8. The van der Waals surface area contributed by atoms with Crippen molar-refractivity contribution in [2.24, 2.45) is 0 Å². The fourth-order valence-electron chi connectivity index (χ4n) is 3.66. The molecule has 0 bridgehead atoms. The van der Waals surface area contributed by atoms with Crippen LogP contribution in [0.3, 0.4) is 0 Å². The third-order valence-corrected chi connectivity index (χ3v) is 4.98. The van der Waals surface area contributed by atoms with Crippen LogP contribution in [0, 0.1) is 13.8 Å². The van der Waals surface area contributed by atoms with Gasteiger partial charge in [0.2, 0.25) is 5.71 Å². The fraction of sp³-hybridized carbons (Fsp3) is 0.0833. The van der Waals surface area contributed by atoms with Crippen LogP contribution in [-0.4, -0.2) is 9.97 Å². The first-order chi connectivity index (χ1) is 13.2. The number of benzene rings is 2. The van der Waals surface area contributed by atoms with Crippen molar-refractivity contribution >= 4 is 22.1 Å². The maximum absolute atomic E-state index is 6.24. The summed E-state index contributed by atoms with van der Waals surface area (Å²) in [6.07, 6.45) is 1.84. The number of fused-ring (bicyclic) bond motifs is 3. The van der Waals surface area contributed by atoms with Crippen molar-refractivity contribution in [1.82, 2.24) is 9.97 Å². The molecule has 0 unspecified atom stereocenters. The molecule has 0 saturated heterocycles. The molecule has 0 radical (unpaired) electrons. The summed E-state index contributed by atoms with van der Waals surface area (Å²) in [5, 5.41) is 2.11. The Hall–Kier alpha value is -3.46. The molecule has 27 heavy (non-hydrogen) atoms. The Kier molecular flexibility index (Phi) is 3.54. The minimum Gasteiger partial charge on any atom is -0.437 e. The van der Waals surface area contributed by atoms with Crippen LogP contribution < -0.4 is 0 Å². The Bertz CT molecular complexity index is 1290. The minimum absolute atomic E-state index is 0.675. The predicted octanol–water partition coefficient (Wildman–Crippen LogP) is 6.33. The molecule has 3 heteroatoms. The van der Waals surface area contributed by atoms with E-state index in [2.05, 4.69) is 48.3 Å². The highest BCUT2D eigenvalue weighted by Crippen LogP contribution is 2.40. The van der Waals surface area contributed by atoms with Crippen LogP contribution in [-0.2, 0) is 0 Å². The molecule has 0 aliphatic carbocycles. The number of rotatable bonds is 2. The van der Waals surface area contributed by atoms with Crippen molar-refractivity contribution in [2.45, 2.75) is 13.8 Å². The first-order valence-corrected chi connectivity index (χ1v) is 9.02. The van der Waals surface area contributed by atoms with E-state index in [1.165, 1.54) is 0 Å². The summed E-state index contributed by atoms with van der Waals surface area (Å²) in [7, 11) is 0. The van der Waals surface area contributed by atoms with E-state index in [0.717, 1.165) is 50.0 Å². The number of hydrogen-bond donors (Lipinski definition) is 0. The highest BCUT2D eigenvalue weighted by molar-refractivity contribution is 6.10. The molecule has 3 heterocycles. The van der Waals surface area contributed by atoms with E-state index in [4.69, 9.17) is 9.40 Å². The molecule has 0 aliphatic heterocycles. The molecule has 5 rings (SSSR count). The van der Waals surface area contributed by atoms with Gasteiger partial charge in [0, 0.05) is 33.8 Å². The van der Waals surface area contributed by atoms with Crippen LogP contribution in [0.1, 0.15) is 11.3 Å². The predicted molar refractivity (Wildman–Crippen MR) is 110 cm³/mol. The van der Waals surface area contributed by atoms with Crippen molar-refractivity contribution in [2.75, 3.05) is 0 Å². The molecule has 0 N–H and O–H groups in total. The molecule has 0 saturated carbocycles. The van der Waals surface area contributed by atoms with Crippen LogP contribution in [0.4, 0.5) is 0 Å². The Balaban J connectivity index is 1.87. The molecule has 0 spiro atoms. The van der Waals surface area contributed by atoms with Gasteiger partial charge in [-0.05, 0) is 43.2 Å². The molecule has 2 aromatic carbocycles. The Morgan fingerprint density at radius 2 is 1.59 bits per heavy atom. The number of hydrogen-bond acceptors (Lipinski definition) is 3. The molecule has 3 aromatic heterocycles. The topological polar surface area (TPSA) is 38.9 Å².